The number of ether oxygens (including phenoxy) is 3. The fourth-order valence-corrected chi connectivity index (χ4v) is 3.67. The molecule has 0 amide bonds. The molecule has 0 bridgehead atoms. The molecule has 7 unspecified atom stereocenters. The molecule has 6 N–H and O–H groups in total. The first-order valence-corrected chi connectivity index (χ1v) is 9.59. The highest BCUT2D eigenvalue weighted by Crippen LogP contribution is 2.40. The highest BCUT2D eigenvalue weighted by atomic mass is 16.7. The third kappa shape index (κ3) is 3.97. The molecule has 1 fully saturated rings. The molecule has 0 spiro atoms. The van der Waals surface area contributed by atoms with Crippen LogP contribution in [0.25, 0.3) is 0 Å². The molecule has 166 valence electrons. The first kappa shape index (κ1) is 21.5. The molecule has 7 atom stereocenters. The summed E-state index contributed by atoms with van der Waals surface area (Å²) in [6.45, 7) is -0.649. The van der Waals surface area contributed by atoms with E-state index in [0.717, 1.165) is 0 Å². The number of aliphatic hydroxyl groups is 4. The van der Waals surface area contributed by atoms with E-state index >= 15 is 0 Å². The third-order valence-corrected chi connectivity index (χ3v) is 5.37. The van der Waals surface area contributed by atoms with E-state index in [0.29, 0.717) is 5.56 Å². The number of aliphatic hydroxyl groups excluding tert-OH is 4. The van der Waals surface area contributed by atoms with Crippen LogP contribution in [0.1, 0.15) is 22.0 Å². The van der Waals surface area contributed by atoms with Crippen LogP contribution in [-0.2, 0) is 9.47 Å². The fourth-order valence-electron chi connectivity index (χ4n) is 3.67. The Kier molecular flexibility index (Phi) is 5.84. The number of ketones is 1. The second kappa shape index (κ2) is 8.42. The number of hydrogen-bond acceptors (Lipinski definition) is 10. The van der Waals surface area contributed by atoms with Gasteiger partial charge < -0.3 is 44.8 Å². The van der Waals surface area contributed by atoms with E-state index in [4.69, 9.17) is 14.2 Å². The fraction of sp³-hybridized carbons (Fsp3) is 0.381. The lowest BCUT2D eigenvalue weighted by atomic mass is 9.92. The number of rotatable bonds is 4. The maximum Gasteiger partial charge on any atom is 0.199 e. The molecule has 0 aromatic heterocycles. The van der Waals surface area contributed by atoms with Gasteiger partial charge in [0.15, 0.2) is 24.3 Å². The molecule has 4 rings (SSSR count). The van der Waals surface area contributed by atoms with Gasteiger partial charge in [-0.3, -0.25) is 4.79 Å². The lowest BCUT2D eigenvalue weighted by Gasteiger charge is -2.42. The first-order valence-electron chi connectivity index (χ1n) is 9.59. The summed E-state index contributed by atoms with van der Waals surface area (Å²) in [5, 5.41) is 59.0. The molecule has 2 aromatic rings. The molecule has 2 heterocycles. The topological polar surface area (TPSA) is 166 Å². The van der Waals surface area contributed by atoms with Crippen molar-refractivity contribution in [2.45, 2.75) is 42.9 Å². The van der Waals surface area contributed by atoms with E-state index in [1.54, 1.807) is 0 Å². The minimum Gasteiger partial charge on any atom is -0.508 e. The smallest absolute Gasteiger partial charge is 0.199 e. The molecular weight excluding hydrogens is 412 g/mol. The molecule has 2 aliphatic rings. The number of carbonyl (C=O) groups excluding carboxylic acids is 1. The quantitative estimate of drug-likeness (QED) is 0.373. The van der Waals surface area contributed by atoms with Gasteiger partial charge in [-0.25, -0.2) is 0 Å². The van der Waals surface area contributed by atoms with Gasteiger partial charge in [0.05, 0.1) is 12.2 Å². The van der Waals surface area contributed by atoms with Crippen LogP contribution >= 0.6 is 0 Å². The first-order chi connectivity index (χ1) is 14.8. The van der Waals surface area contributed by atoms with Crippen LogP contribution in [-0.4, -0.2) is 79.8 Å². The molecule has 31 heavy (non-hydrogen) atoms. The lowest BCUT2D eigenvalue weighted by Crippen LogP contribution is -2.60. The molecule has 1 saturated heterocycles. The zero-order valence-corrected chi connectivity index (χ0v) is 16.1. The summed E-state index contributed by atoms with van der Waals surface area (Å²) < 4.78 is 17.0. The maximum atomic E-state index is 13.2. The third-order valence-electron chi connectivity index (χ3n) is 5.37. The van der Waals surface area contributed by atoms with Gasteiger partial charge in [-0.2, -0.15) is 0 Å². The monoisotopic (exact) mass is 434 g/mol. The molecular formula is C21H22O10. The lowest BCUT2D eigenvalue weighted by molar-refractivity contribution is -0.311. The van der Waals surface area contributed by atoms with Gasteiger partial charge in [-0.05, 0) is 29.8 Å². The van der Waals surface area contributed by atoms with E-state index in [1.165, 1.54) is 42.5 Å². The van der Waals surface area contributed by atoms with Gasteiger partial charge in [0.2, 0.25) is 0 Å². The highest BCUT2D eigenvalue weighted by Gasteiger charge is 2.48. The van der Waals surface area contributed by atoms with Gasteiger partial charge in [0, 0.05) is 6.07 Å². The Balaban J connectivity index is 1.69. The minimum atomic E-state index is -1.70. The Morgan fingerprint density at radius 1 is 0.903 bits per heavy atom. The van der Waals surface area contributed by atoms with Crippen molar-refractivity contribution in [2.75, 3.05) is 6.61 Å². The Morgan fingerprint density at radius 2 is 1.58 bits per heavy atom. The highest BCUT2D eigenvalue weighted by molar-refractivity contribution is 6.03. The second-order valence-corrected chi connectivity index (χ2v) is 7.43. The number of Topliss-reactive ketones (excluding diaryl/α,β-unsaturated/α-hetero) is 1. The van der Waals surface area contributed by atoms with Crippen LogP contribution in [0, 0.1) is 0 Å². The Labute approximate surface area is 176 Å². The molecule has 2 aromatic carbocycles. The summed E-state index contributed by atoms with van der Waals surface area (Å²) in [6.07, 6.45) is -10.1. The van der Waals surface area contributed by atoms with Crippen LogP contribution in [0.2, 0.25) is 0 Å². The summed E-state index contributed by atoms with van der Waals surface area (Å²) >= 11 is 0. The van der Waals surface area contributed by atoms with Gasteiger partial charge in [0.1, 0.15) is 41.7 Å². The van der Waals surface area contributed by atoms with Crippen molar-refractivity contribution in [3.63, 3.8) is 0 Å². The summed E-state index contributed by atoms with van der Waals surface area (Å²) in [6, 6.07) is 9.79. The zero-order valence-electron chi connectivity index (χ0n) is 16.1. The standard InChI is InChI=1S/C21H22O10/c22-8-14-16(26)17(27)18(28)21(30-14)31-20-15(25)12-6-5-11(24)7-13(12)29-19(20)9-1-3-10(23)4-2-9/h1-7,14,16-24,26-28H,8H2. The molecule has 0 radical (unpaired) electrons. The van der Waals surface area contributed by atoms with Crippen molar-refractivity contribution >= 4 is 5.78 Å². The summed E-state index contributed by atoms with van der Waals surface area (Å²) in [5.41, 5.74) is 0.581. The number of phenolic OH excluding ortho intramolecular Hbond substituents is 2. The van der Waals surface area contributed by atoms with E-state index in [1.807, 2.05) is 0 Å². The Bertz CT molecular complexity index is 944. The van der Waals surface area contributed by atoms with Crippen LogP contribution < -0.4 is 4.74 Å². The van der Waals surface area contributed by atoms with Gasteiger partial charge >= 0.3 is 0 Å². The minimum absolute atomic E-state index is 0.00432. The Hall–Kier alpha value is -2.73. The van der Waals surface area contributed by atoms with E-state index in [2.05, 4.69) is 0 Å². The van der Waals surface area contributed by atoms with E-state index in [-0.39, 0.29) is 22.8 Å². The predicted octanol–water partition coefficient (Wildman–Crippen LogP) is -0.401. The number of hydrogen-bond donors (Lipinski definition) is 6. The van der Waals surface area contributed by atoms with Crippen molar-refractivity contribution in [2.24, 2.45) is 0 Å². The van der Waals surface area contributed by atoms with Crippen LogP contribution in [0.5, 0.6) is 17.2 Å². The average Bonchev–Trinajstić information content (AvgIpc) is 2.76. The van der Waals surface area contributed by atoms with E-state index in [9.17, 15) is 35.4 Å². The van der Waals surface area contributed by atoms with Crippen LogP contribution in [0.3, 0.4) is 0 Å². The van der Waals surface area contributed by atoms with Crippen molar-refractivity contribution in [3.8, 4) is 17.2 Å². The number of phenols is 2. The predicted molar refractivity (Wildman–Crippen MR) is 103 cm³/mol. The van der Waals surface area contributed by atoms with Crippen molar-refractivity contribution in [1.82, 2.24) is 0 Å². The van der Waals surface area contributed by atoms with E-state index < -0.39 is 55.3 Å². The zero-order chi connectivity index (χ0) is 22.3. The molecule has 0 saturated carbocycles. The Morgan fingerprint density at radius 3 is 2.26 bits per heavy atom. The van der Waals surface area contributed by atoms with Gasteiger partial charge in [-0.1, -0.05) is 12.1 Å². The molecule has 10 nitrogen and oxygen atoms in total. The summed E-state index contributed by atoms with van der Waals surface area (Å²) in [5.74, 6) is -0.521. The van der Waals surface area contributed by atoms with Crippen LogP contribution in [0.15, 0.2) is 42.5 Å². The van der Waals surface area contributed by atoms with Gasteiger partial charge in [-0.15, -0.1) is 0 Å². The molecule has 0 aliphatic carbocycles. The van der Waals surface area contributed by atoms with Crippen molar-refractivity contribution in [1.29, 1.82) is 0 Å². The SMILES string of the molecule is O=C1c2ccc(O)cc2OC(c2ccc(O)cc2)C1OC1OC(CO)C(O)C(O)C1O. The number of fused-ring (bicyclic) bond motifs is 1. The number of carbonyl (C=O) groups is 1. The van der Waals surface area contributed by atoms with Crippen LogP contribution in [0.4, 0.5) is 0 Å². The normalized spacial score (nSPS) is 32.9. The van der Waals surface area contributed by atoms with Gasteiger partial charge in [0.25, 0.3) is 0 Å². The summed E-state index contributed by atoms with van der Waals surface area (Å²) in [7, 11) is 0. The average molecular weight is 434 g/mol. The summed E-state index contributed by atoms with van der Waals surface area (Å²) in [4.78, 5) is 13.2. The maximum absolute atomic E-state index is 13.2. The van der Waals surface area contributed by atoms with Crippen molar-refractivity contribution in [3.05, 3.63) is 53.6 Å². The molecule has 10 heteroatoms. The largest absolute Gasteiger partial charge is 0.508 e. The number of aromatic hydroxyl groups is 2. The van der Waals surface area contributed by atoms with Crippen molar-refractivity contribution < 1.29 is 49.6 Å². The second-order valence-electron chi connectivity index (χ2n) is 7.43. The number of benzene rings is 2. The molecule has 2 aliphatic heterocycles.